The van der Waals surface area contributed by atoms with Gasteiger partial charge in [-0.05, 0) is 43.2 Å². The molecule has 0 radical (unpaired) electrons. The Balaban J connectivity index is 1.74. The van der Waals surface area contributed by atoms with E-state index in [-0.39, 0.29) is 11.8 Å². The highest BCUT2D eigenvalue weighted by Gasteiger charge is 2.30. The molecule has 1 saturated carbocycles. The first-order chi connectivity index (χ1) is 12.2. The zero-order valence-electron chi connectivity index (χ0n) is 14.0. The van der Waals surface area contributed by atoms with Crippen LogP contribution in [0.4, 0.5) is 5.95 Å². The van der Waals surface area contributed by atoms with Crippen molar-refractivity contribution in [2.75, 3.05) is 19.5 Å². The van der Waals surface area contributed by atoms with Gasteiger partial charge in [-0.2, -0.15) is 4.98 Å². The Bertz CT molecular complexity index is 947. The van der Waals surface area contributed by atoms with E-state index in [1.54, 1.807) is 18.7 Å². The second-order valence-electron chi connectivity index (χ2n) is 5.95. The normalized spacial score (nSPS) is 13.7. The maximum absolute atomic E-state index is 11.9. The van der Waals surface area contributed by atoms with Crippen LogP contribution in [-0.4, -0.2) is 34.7 Å². The van der Waals surface area contributed by atoms with E-state index in [4.69, 9.17) is 9.47 Å². The highest BCUT2D eigenvalue weighted by Crippen LogP contribution is 2.33. The Morgan fingerprint density at radius 1 is 1.16 bits per heavy atom. The lowest BCUT2D eigenvalue weighted by molar-refractivity contribution is -0.117. The first-order valence-corrected chi connectivity index (χ1v) is 8.08. The summed E-state index contributed by atoms with van der Waals surface area (Å²) in [5.74, 6) is 1.72. The molecular formula is C18H18N4O3. The summed E-state index contributed by atoms with van der Waals surface area (Å²) >= 11 is 0. The minimum atomic E-state index is -0.0106. The summed E-state index contributed by atoms with van der Waals surface area (Å²) in [5.41, 5.74) is 2.42. The standard InChI is InChI=1S/C18H18N4O3/c1-24-14-9-8-12(10-15(14)25-2)13-4-3-5-16-19-18(21-22(13)16)20-17(23)11-6-7-11/h3-5,8-11H,6-7H2,1-2H3,(H,20,21,23). The van der Waals surface area contributed by atoms with Crippen molar-refractivity contribution in [1.82, 2.24) is 14.6 Å². The molecule has 7 nitrogen and oxygen atoms in total. The van der Waals surface area contributed by atoms with Crippen molar-refractivity contribution in [3.8, 4) is 22.8 Å². The zero-order valence-corrected chi connectivity index (χ0v) is 14.0. The number of hydrogen-bond acceptors (Lipinski definition) is 5. The van der Waals surface area contributed by atoms with Crippen LogP contribution in [-0.2, 0) is 4.79 Å². The average molecular weight is 338 g/mol. The molecule has 1 aromatic carbocycles. The third-order valence-electron chi connectivity index (χ3n) is 4.22. The van der Waals surface area contributed by atoms with Gasteiger partial charge in [0.05, 0.1) is 19.9 Å². The molecule has 1 aliphatic carbocycles. The Hall–Kier alpha value is -3.09. The summed E-state index contributed by atoms with van der Waals surface area (Å²) in [4.78, 5) is 16.3. The number of rotatable bonds is 5. The second kappa shape index (κ2) is 6.08. The molecule has 4 rings (SSSR count). The van der Waals surface area contributed by atoms with E-state index >= 15 is 0 Å². The van der Waals surface area contributed by atoms with Gasteiger partial charge in [-0.15, -0.1) is 5.10 Å². The molecule has 7 heteroatoms. The maximum Gasteiger partial charge on any atom is 0.249 e. The molecule has 3 aromatic rings. The number of carbonyl (C=O) groups excluding carboxylic acids is 1. The quantitative estimate of drug-likeness (QED) is 0.774. The largest absolute Gasteiger partial charge is 0.493 e. The molecule has 1 amide bonds. The molecule has 0 aliphatic heterocycles. The van der Waals surface area contributed by atoms with Crippen LogP contribution in [0.1, 0.15) is 12.8 Å². The van der Waals surface area contributed by atoms with E-state index in [9.17, 15) is 4.79 Å². The fraction of sp³-hybridized carbons (Fsp3) is 0.278. The number of nitrogens with one attached hydrogen (secondary N) is 1. The molecule has 128 valence electrons. The maximum atomic E-state index is 11.9. The van der Waals surface area contributed by atoms with Gasteiger partial charge in [0.15, 0.2) is 17.1 Å². The number of amides is 1. The van der Waals surface area contributed by atoms with Crippen LogP contribution in [0.3, 0.4) is 0 Å². The Labute approximate surface area is 144 Å². The number of ether oxygens (including phenoxy) is 2. The van der Waals surface area contributed by atoms with E-state index in [0.717, 1.165) is 24.1 Å². The lowest BCUT2D eigenvalue weighted by Crippen LogP contribution is -2.14. The molecule has 0 unspecified atom stereocenters. The number of benzene rings is 1. The number of nitrogens with zero attached hydrogens (tertiary/aromatic N) is 3. The number of fused-ring (bicyclic) bond motifs is 1. The molecule has 2 heterocycles. The minimum absolute atomic E-state index is 0.0106. The topological polar surface area (TPSA) is 77.8 Å². The van der Waals surface area contributed by atoms with Crippen LogP contribution in [0.2, 0.25) is 0 Å². The predicted molar refractivity (Wildman–Crippen MR) is 92.9 cm³/mol. The number of carbonyl (C=O) groups is 1. The first kappa shape index (κ1) is 15.4. The SMILES string of the molecule is COc1ccc(-c2cccc3nc(NC(=O)C4CC4)nn23)cc1OC. The molecule has 2 aromatic heterocycles. The summed E-state index contributed by atoms with van der Waals surface area (Å²) in [7, 11) is 3.20. The molecule has 1 N–H and O–H groups in total. The van der Waals surface area contributed by atoms with Crippen molar-refractivity contribution in [3.05, 3.63) is 36.4 Å². The molecular weight excluding hydrogens is 320 g/mol. The van der Waals surface area contributed by atoms with Gasteiger partial charge in [-0.3, -0.25) is 10.1 Å². The van der Waals surface area contributed by atoms with Crippen molar-refractivity contribution < 1.29 is 14.3 Å². The van der Waals surface area contributed by atoms with Crippen molar-refractivity contribution in [2.45, 2.75) is 12.8 Å². The highest BCUT2D eigenvalue weighted by atomic mass is 16.5. The predicted octanol–water partition coefficient (Wildman–Crippen LogP) is 2.76. The smallest absolute Gasteiger partial charge is 0.249 e. The van der Waals surface area contributed by atoms with Crippen LogP contribution in [0.15, 0.2) is 36.4 Å². The van der Waals surface area contributed by atoms with Gasteiger partial charge in [0.2, 0.25) is 11.9 Å². The van der Waals surface area contributed by atoms with Gasteiger partial charge in [0.1, 0.15) is 0 Å². The van der Waals surface area contributed by atoms with E-state index in [1.165, 1.54) is 0 Å². The van der Waals surface area contributed by atoms with Gasteiger partial charge >= 0.3 is 0 Å². The molecule has 1 aliphatic rings. The van der Waals surface area contributed by atoms with E-state index in [2.05, 4.69) is 15.4 Å². The number of anilines is 1. The number of aromatic nitrogens is 3. The second-order valence-corrected chi connectivity index (χ2v) is 5.95. The molecule has 1 fully saturated rings. The number of hydrogen-bond donors (Lipinski definition) is 1. The molecule has 0 spiro atoms. The van der Waals surface area contributed by atoms with Crippen LogP contribution >= 0.6 is 0 Å². The Morgan fingerprint density at radius 2 is 1.96 bits per heavy atom. The van der Waals surface area contributed by atoms with E-state index in [0.29, 0.717) is 23.1 Å². The lowest BCUT2D eigenvalue weighted by Gasteiger charge is -2.10. The first-order valence-electron chi connectivity index (χ1n) is 8.08. The average Bonchev–Trinajstić information content (AvgIpc) is 3.41. The summed E-state index contributed by atoms with van der Waals surface area (Å²) in [6, 6.07) is 11.4. The van der Waals surface area contributed by atoms with Gasteiger partial charge in [-0.1, -0.05) is 6.07 Å². The van der Waals surface area contributed by atoms with Gasteiger partial charge < -0.3 is 9.47 Å². The van der Waals surface area contributed by atoms with E-state index in [1.807, 2.05) is 36.4 Å². The molecule has 25 heavy (non-hydrogen) atoms. The molecule has 0 saturated heterocycles. The highest BCUT2D eigenvalue weighted by molar-refractivity contribution is 5.92. The third kappa shape index (κ3) is 2.88. The van der Waals surface area contributed by atoms with Crippen LogP contribution in [0.5, 0.6) is 11.5 Å². The Morgan fingerprint density at radius 3 is 2.68 bits per heavy atom. The van der Waals surface area contributed by atoms with Crippen molar-refractivity contribution in [1.29, 1.82) is 0 Å². The van der Waals surface area contributed by atoms with Crippen LogP contribution in [0, 0.1) is 5.92 Å². The molecule has 0 bridgehead atoms. The summed E-state index contributed by atoms with van der Waals surface area (Å²) in [6.45, 7) is 0. The zero-order chi connectivity index (χ0) is 17.4. The van der Waals surface area contributed by atoms with Crippen molar-refractivity contribution >= 4 is 17.5 Å². The molecule has 0 atom stereocenters. The summed E-state index contributed by atoms with van der Waals surface area (Å²) in [5, 5.41) is 7.22. The van der Waals surface area contributed by atoms with Crippen LogP contribution in [0.25, 0.3) is 16.9 Å². The van der Waals surface area contributed by atoms with Crippen LogP contribution < -0.4 is 14.8 Å². The number of methoxy groups -OCH3 is 2. The number of pyridine rings is 1. The van der Waals surface area contributed by atoms with Gasteiger partial charge in [0, 0.05) is 11.5 Å². The minimum Gasteiger partial charge on any atom is -0.493 e. The fourth-order valence-corrected chi connectivity index (χ4v) is 2.73. The lowest BCUT2D eigenvalue weighted by atomic mass is 10.1. The van der Waals surface area contributed by atoms with Crippen molar-refractivity contribution in [2.24, 2.45) is 5.92 Å². The summed E-state index contributed by atoms with van der Waals surface area (Å²) < 4.78 is 12.4. The summed E-state index contributed by atoms with van der Waals surface area (Å²) in [6.07, 6.45) is 1.88. The monoisotopic (exact) mass is 338 g/mol. The fourth-order valence-electron chi connectivity index (χ4n) is 2.73. The van der Waals surface area contributed by atoms with E-state index < -0.39 is 0 Å². The van der Waals surface area contributed by atoms with Gasteiger partial charge in [0.25, 0.3) is 0 Å². The third-order valence-corrected chi connectivity index (χ3v) is 4.22. The van der Waals surface area contributed by atoms with Crippen molar-refractivity contribution in [3.63, 3.8) is 0 Å². The Kier molecular flexibility index (Phi) is 3.76. The van der Waals surface area contributed by atoms with Gasteiger partial charge in [-0.25, -0.2) is 4.52 Å².